The maximum atomic E-state index is 12.3. The van der Waals surface area contributed by atoms with Crippen LogP contribution in [0.2, 0.25) is 0 Å². The minimum atomic E-state index is -0.210. The molecule has 1 N–H and O–H groups in total. The predicted octanol–water partition coefficient (Wildman–Crippen LogP) is 4.58. The Morgan fingerprint density at radius 3 is 2.48 bits per heavy atom. The molecule has 0 fully saturated rings. The van der Waals surface area contributed by atoms with Crippen LogP contribution in [0.3, 0.4) is 0 Å². The Morgan fingerprint density at radius 2 is 1.90 bits per heavy atom. The van der Waals surface area contributed by atoms with Crippen molar-refractivity contribution in [3.8, 4) is 0 Å². The molecule has 3 nitrogen and oxygen atoms in total. The van der Waals surface area contributed by atoms with E-state index in [9.17, 15) is 4.79 Å². The van der Waals surface area contributed by atoms with Crippen molar-refractivity contribution in [1.82, 2.24) is 4.98 Å². The first kappa shape index (κ1) is 16.0. The van der Waals surface area contributed by atoms with Crippen LogP contribution in [0.15, 0.2) is 46.0 Å². The zero-order valence-corrected chi connectivity index (χ0v) is 14.6. The molecule has 0 aliphatic carbocycles. The van der Waals surface area contributed by atoms with Crippen LogP contribution < -0.4 is 5.32 Å². The van der Waals surface area contributed by atoms with E-state index in [0.717, 1.165) is 26.3 Å². The van der Waals surface area contributed by atoms with Gasteiger partial charge in [-0.15, -0.1) is 0 Å². The number of benzene rings is 1. The molecule has 0 aliphatic heterocycles. The number of rotatable bonds is 4. The molecule has 1 amide bonds. The van der Waals surface area contributed by atoms with Gasteiger partial charge < -0.3 is 5.32 Å². The number of amides is 1. The van der Waals surface area contributed by atoms with Crippen LogP contribution in [0.5, 0.6) is 0 Å². The molecule has 0 saturated heterocycles. The van der Waals surface area contributed by atoms with Crippen molar-refractivity contribution in [2.45, 2.75) is 31.0 Å². The third-order valence-corrected chi connectivity index (χ3v) is 4.62. The van der Waals surface area contributed by atoms with Crippen LogP contribution >= 0.6 is 27.7 Å². The number of anilines is 1. The van der Waals surface area contributed by atoms with Crippen molar-refractivity contribution in [3.63, 3.8) is 0 Å². The molecule has 21 heavy (non-hydrogen) atoms. The topological polar surface area (TPSA) is 42.0 Å². The summed E-state index contributed by atoms with van der Waals surface area (Å²) in [4.78, 5) is 16.6. The molecule has 2 rings (SSSR count). The van der Waals surface area contributed by atoms with Gasteiger partial charge in [0, 0.05) is 16.4 Å². The number of carbonyl (C=O) groups excluding carboxylic acids is 1. The first-order valence-electron chi connectivity index (χ1n) is 6.62. The van der Waals surface area contributed by atoms with Gasteiger partial charge in [-0.3, -0.25) is 4.79 Å². The second-order valence-corrected chi connectivity index (χ2v) is 7.11. The van der Waals surface area contributed by atoms with Crippen LogP contribution in [0.4, 0.5) is 5.69 Å². The molecule has 1 heterocycles. The molecule has 0 saturated carbocycles. The molecule has 1 atom stereocenters. The molecule has 110 valence electrons. The van der Waals surface area contributed by atoms with Gasteiger partial charge in [0.25, 0.3) is 0 Å². The normalized spacial score (nSPS) is 12.0. The van der Waals surface area contributed by atoms with E-state index >= 15 is 0 Å². The number of hydrogen-bond donors (Lipinski definition) is 1. The van der Waals surface area contributed by atoms with E-state index < -0.39 is 0 Å². The van der Waals surface area contributed by atoms with Crippen molar-refractivity contribution in [1.29, 1.82) is 0 Å². The number of nitrogens with zero attached hydrogens (tertiary/aromatic N) is 1. The van der Waals surface area contributed by atoms with Crippen molar-refractivity contribution in [2.24, 2.45) is 0 Å². The number of halogens is 1. The molecule has 1 aromatic carbocycles. The third kappa shape index (κ3) is 4.32. The number of pyridine rings is 1. The van der Waals surface area contributed by atoms with Gasteiger partial charge in [0.2, 0.25) is 5.91 Å². The molecule has 0 radical (unpaired) electrons. The molecule has 0 aliphatic rings. The van der Waals surface area contributed by atoms with Gasteiger partial charge in [-0.2, -0.15) is 0 Å². The number of nitrogens with one attached hydrogen (secondary N) is 1. The summed E-state index contributed by atoms with van der Waals surface area (Å²) < 4.78 is 0.930. The van der Waals surface area contributed by atoms with Crippen LogP contribution in [0.1, 0.15) is 18.1 Å². The molecule has 0 spiro atoms. The highest BCUT2D eigenvalue weighted by Crippen LogP contribution is 2.25. The van der Waals surface area contributed by atoms with E-state index in [1.807, 2.05) is 51.1 Å². The van der Waals surface area contributed by atoms with E-state index in [1.165, 1.54) is 11.8 Å². The summed E-state index contributed by atoms with van der Waals surface area (Å²) in [5.74, 6) is -0.0119. The van der Waals surface area contributed by atoms with Gasteiger partial charge >= 0.3 is 0 Å². The quantitative estimate of drug-likeness (QED) is 0.807. The first-order chi connectivity index (χ1) is 9.97. The average molecular weight is 365 g/mol. The smallest absolute Gasteiger partial charge is 0.237 e. The van der Waals surface area contributed by atoms with E-state index in [2.05, 4.69) is 26.2 Å². The minimum Gasteiger partial charge on any atom is -0.325 e. The molecule has 2 aromatic rings. The minimum absolute atomic E-state index is 0.0119. The molecular formula is C16H17BrN2OS. The zero-order chi connectivity index (χ0) is 15.4. The van der Waals surface area contributed by atoms with Gasteiger partial charge in [-0.1, -0.05) is 30.0 Å². The summed E-state index contributed by atoms with van der Waals surface area (Å²) in [6, 6.07) is 9.81. The van der Waals surface area contributed by atoms with Crippen molar-refractivity contribution >= 4 is 39.3 Å². The maximum Gasteiger partial charge on any atom is 0.237 e. The summed E-state index contributed by atoms with van der Waals surface area (Å²) in [6.07, 6.45) is 1.73. The predicted molar refractivity (Wildman–Crippen MR) is 91.8 cm³/mol. The Morgan fingerprint density at radius 1 is 1.24 bits per heavy atom. The van der Waals surface area contributed by atoms with Crippen LogP contribution in [0, 0.1) is 13.8 Å². The number of carbonyl (C=O) groups is 1. The molecular weight excluding hydrogens is 348 g/mol. The van der Waals surface area contributed by atoms with E-state index in [0.29, 0.717) is 0 Å². The van der Waals surface area contributed by atoms with Gasteiger partial charge in [0.05, 0.1) is 10.3 Å². The SMILES string of the molecule is Cc1cccc(C)c1NC(=O)C(C)Sc1ccc(Br)cn1. The lowest BCUT2D eigenvalue weighted by Crippen LogP contribution is -2.23. The van der Waals surface area contributed by atoms with Gasteiger partial charge in [0.1, 0.15) is 0 Å². The summed E-state index contributed by atoms with van der Waals surface area (Å²) in [7, 11) is 0. The van der Waals surface area contributed by atoms with Crippen LogP contribution in [-0.2, 0) is 4.79 Å². The Kier molecular flexibility index (Phi) is 5.42. The summed E-state index contributed by atoms with van der Waals surface area (Å²) in [5.41, 5.74) is 3.04. The fourth-order valence-electron chi connectivity index (χ4n) is 1.90. The lowest BCUT2D eigenvalue weighted by molar-refractivity contribution is -0.115. The molecule has 5 heteroatoms. The lowest BCUT2D eigenvalue weighted by Gasteiger charge is -2.15. The third-order valence-electron chi connectivity index (χ3n) is 3.10. The highest BCUT2D eigenvalue weighted by atomic mass is 79.9. The number of aromatic nitrogens is 1. The van der Waals surface area contributed by atoms with E-state index in [-0.39, 0.29) is 11.2 Å². The number of aryl methyl sites for hydroxylation is 2. The molecule has 1 aromatic heterocycles. The summed E-state index contributed by atoms with van der Waals surface area (Å²) in [6.45, 7) is 5.88. The lowest BCUT2D eigenvalue weighted by atomic mass is 10.1. The second kappa shape index (κ2) is 7.09. The Labute approximate surface area is 137 Å². The Hall–Kier alpha value is -1.33. The Balaban J connectivity index is 2.04. The van der Waals surface area contributed by atoms with Gasteiger partial charge in [-0.25, -0.2) is 4.98 Å². The van der Waals surface area contributed by atoms with E-state index in [1.54, 1.807) is 6.20 Å². The highest BCUT2D eigenvalue weighted by molar-refractivity contribution is 9.10. The van der Waals surface area contributed by atoms with Gasteiger partial charge in [-0.05, 0) is 60.0 Å². The van der Waals surface area contributed by atoms with Gasteiger partial charge in [0.15, 0.2) is 0 Å². The summed E-state index contributed by atoms with van der Waals surface area (Å²) in [5, 5.41) is 3.64. The van der Waals surface area contributed by atoms with Crippen molar-refractivity contribution in [2.75, 3.05) is 5.32 Å². The number of para-hydroxylation sites is 1. The van der Waals surface area contributed by atoms with Crippen molar-refractivity contribution in [3.05, 3.63) is 52.1 Å². The largest absolute Gasteiger partial charge is 0.325 e. The number of thioether (sulfide) groups is 1. The summed E-state index contributed by atoms with van der Waals surface area (Å²) >= 11 is 4.80. The zero-order valence-electron chi connectivity index (χ0n) is 12.2. The second-order valence-electron chi connectivity index (χ2n) is 4.83. The fourth-order valence-corrected chi connectivity index (χ4v) is 2.93. The monoisotopic (exact) mass is 364 g/mol. The van der Waals surface area contributed by atoms with Crippen LogP contribution in [-0.4, -0.2) is 16.1 Å². The molecule has 1 unspecified atom stereocenters. The van der Waals surface area contributed by atoms with Crippen molar-refractivity contribution < 1.29 is 4.79 Å². The fraction of sp³-hybridized carbons (Fsp3) is 0.250. The Bertz CT molecular complexity index is 623. The average Bonchev–Trinajstić information content (AvgIpc) is 2.45. The van der Waals surface area contributed by atoms with Crippen LogP contribution in [0.25, 0.3) is 0 Å². The standard InChI is InChI=1S/C16H17BrN2OS/c1-10-5-4-6-11(2)15(10)19-16(20)12(3)21-14-8-7-13(17)9-18-14/h4-9,12H,1-3H3,(H,19,20). The first-order valence-corrected chi connectivity index (χ1v) is 8.30. The molecule has 0 bridgehead atoms. The maximum absolute atomic E-state index is 12.3. The van der Waals surface area contributed by atoms with E-state index in [4.69, 9.17) is 0 Å². The highest BCUT2D eigenvalue weighted by Gasteiger charge is 2.16. The number of hydrogen-bond acceptors (Lipinski definition) is 3.